The van der Waals surface area contributed by atoms with Gasteiger partial charge in [-0.15, -0.1) is 0 Å². The van der Waals surface area contributed by atoms with Gasteiger partial charge in [-0.2, -0.15) is 0 Å². The van der Waals surface area contributed by atoms with E-state index in [0.29, 0.717) is 21.6 Å². The van der Waals surface area contributed by atoms with E-state index in [2.05, 4.69) is 29.8 Å². The first kappa shape index (κ1) is 10.3. The predicted molar refractivity (Wildman–Crippen MR) is 58.0 cm³/mol. The average Bonchev–Trinajstić information content (AvgIpc) is 2.09. The monoisotopic (exact) mass is 241 g/mol. The molecule has 13 heavy (non-hydrogen) atoms. The lowest BCUT2D eigenvalue weighted by molar-refractivity contribution is 0.112. The second kappa shape index (κ2) is 3.92. The van der Waals surface area contributed by atoms with Crippen LogP contribution in [-0.2, 0) is 0 Å². The Balaban J connectivity index is 3.30. The van der Waals surface area contributed by atoms with Gasteiger partial charge in [0.1, 0.15) is 0 Å². The summed E-state index contributed by atoms with van der Waals surface area (Å²) in [6.45, 7) is 4.13. The van der Waals surface area contributed by atoms with Crippen LogP contribution in [-0.4, -0.2) is 6.29 Å². The molecule has 2 nitrogen and oxygen atoms in total. The van der Waals surface area contributed by atoms with Gasteiger partial charge in [0.05, 0.1) is 4.47 Å². The number of benzene rings is 1. The molecule has 0 bridgehead atoms. The Morgan fingerprint density at radius 3 is 2.54 bits per heavy atom. The molecule has 0 radical (unpaired) electrons. The highest BCUT2D eigenvalue weighted by atomic mass is 79.9. The fourth-order valence-corrected chi connectivity index (χ4v) is 1.44. The number of anilines is 1. The van der Waals surface area contributed by atoms with Crippen LogP contribution in [0.5, 0.6) is 0 Å². The van der Waals surface area contributed by atoms with Gasteiger partial charge in [0.25, 0.3) is 0 Å². The van der Waals surface area contributed by atoms with Crippen molar-refractivity contribution < 1.29 is 4.79 Å². The third kappa shape index (κ3) is 2.10. The Morgan fingerprint density at radius 2 is 2.08 bits per heavy atom. The van der Waals surface area contributed by atoms with Crippen molar-refractivity contribution in [3.8, 4) is 0 Å². The van der Waals surface area contributed by atoms with E-state index in [0.717, 1.165) is 11.8 Å². The molecule has 0 saturated carbocycles. The van der Waals surface area contributed by atoms with Gasteiger partial charge < -0.3 is 5.73 Å². The van der Waals surface area contributed by atoms with Gasteiger partial charge in [0.15, 0.2) is 6.29 Å². The molecule has 0 atom stereocenters. The number of hydrogen-bond donors (Lipinski definition) is 1. The topological polar surface area (TPSA) is 43.1 Å². The molecule has 3 heteroatoms. The Kier molecular flexibility index (Phi) is 3.09. The minimum absolute atomic E-state index is 0.383. The molecule has 0 aliphatic heterocycles. The molecule has 0 aliphatic rings. The van der Waals surface area contributed by atoms with Crippen molar-refractivity contribution in [3.05, 3.63) is 27.7 Å². The summed E-state index contributed by atoms with van der Waals surface area (Å²) in [5.41, 5.74) is 8.05. The van der Waals surface area contributed by atoms with Crippen LogP contribution in [0.1, 0.15) is 35.7 Å². The molecular formula is C10H12BrNO. The van der Waals surface area contributed by atoms with Gasteiger partial charge in [0, 0.05) is 11.3 Å². The molecular weight excluding hydrogens is 230 g/mol. The standard InChI is InChI=1S/C10H12BrNO/c1-6(2)7-3-8(5-13)10(11)9(12)4-7/h3-6H,12H2,1-2H3. The van der Waals surface area contributed by atoms with Gasteiger partial charge in [-0.05, 0) is 39.5 Å². The zero-order valence-electron chi connectivity index (χ0n) is 7.67. The molecule has 0 aliphatic carbocycles. The van der Waals surface area contributed by atoms with Crippen molar-refractivity contribution in [1.82, 2.24) is 0 Å². The predicted octanol–water partition coefficient (Wildman–Crippen LogP) is 2.97. The average molecular weight is 242 g/mol. The Morgan fingerprint density at radius 1 is 1.46 bits per heavy atom. The van der Waals surface area contributed by atoms with E-state index in [1.54, 1.807) is 0 Å². The van der Waals surface area contributed by atoms with E-state index in [-0.39, 0.29) is 0 Å². The van der Waals surface area contributed by atoms with Crippen molar-refractivity contribution >= 4 is 27.9 Å². The van der Waals surface area contributed by atoms with E-state index < -0.39 is 0 Å². The minimum Gasteiger partial charge on any atom is -0.398 e. The summed E-state index contributed by atoms with van der Waals surface area (Å²) in [7, 11) is 0. The summed E-state index contributed by atoms with van der Waals surface area (Å²) >= 11 is 3.27. The fourth-order valence-electron chi connectivity index (χ4n) is 1.11. The number of hydrogen-bond acceptors (Lipinski definition) is 2. The molecule has 0 saturated heterocycles. The molecule has 0 aromatic heterocycles. The van der Waals surface area contributed by atoms with Crippen LogP contribution in [0.4, 0.5) is 5.69 Å². The zero-order valence-corrected chi connectivity index (χ0v) is 9.26. The van der Waals surface area contributed by atoms with Gasteiger partial charge in [0.2, 0.25) is 0 Å². The number of halogens is 1. The number of aldehydes is 1. The first-order valence-electron chi connectivity index (χ1n) is 4.10. The summed E-state index contributed by atoms with van der Waals surface area (Å²) in [6.07, 6.45) is 0.812. The van der Waals surface area contributed by atoms with Crippen LogP contribution in [0.2, 0.25) is 0 Å². The van der Waals surface area contributed by atoms with Gasteiger partial charge >= 0.3 is 0 Å². The quantitative estimate of drug-likeness (QED) is 0.639. The second-order valence-corrected chi connectivity index (χ2v) is 4.08. The largest absolute Gasteiger partial charge is 0.398 e. The maximum Gasteiger partial charge on any atom is 0.151 e. The highest BCUT2D eigenvalue weighted by Gasteiger charge is 2.07. The van der Waals surface area contributed by atoms with Crippen LogP contribution < -0.4 is 5.73 Å². The Labute approximate surface area is 86.3 Å². The van der Waals surface area contributed by atoms with Crippen molar-refractivity contribution in [3.63, 3.8) is 0 Å². The molecule has 70 valence electrons. The van der Waals surface area contributed by atoms with Crippen molar-refractivity contribution in [2.75, 3.05) is 5.73 Å². The van der Waals surface area contributed by atoms with Crippen molar-refractivity contribution in [2.45, 2.75) is 19.8 Å². The van der Waals surface area contributed by atoms with E-state index in [1.807, 2.05) is 12.1 Å². The summed E-state index contributed by atoms with van der Waals surface area (Å²) in [5, 5.41) is 0. The molecule has 0 unspecified atom stereocenters. The highest BCUT2D eigenvalue weighted by molar-refractivity contribution is 9.10. The van der Waals surface area contributed by atoms with Crippen molar-refractivity contribution in [1.29, 1.82) is 0 Å². The lowest BCUT2D eigenvalue weighted by Crippen LogP contribution is -1.96. The first-order chi connectivity index (χ1) is 6.06. The van der Waals surface area contributed by atoms with E-state index in [1.165, 1.54) is 0 Å². The van der Waals surface area contributed by atoms with Crippen LogP contribution in [0, 0.1) is 0 Å². The van der Waals surface area contributed by atoms with E-state index in [9.17, 15) is 4.79 Å². The third-order valence-electron chi connectivity index (χ3n) is 1.94. The molecule has 0 heterocycles. The number of carbonyl (C=O) groups is 1. The molecule has 1 aromatic rings. The van der Waals surface area contributed by atoms with Crippen LogP contribution in [0.15, 0.2) is 16.6 Å². The maximum absolute atomic E-state index is 10.7. The third-order valence-corrected chi connectivity index (χ3v) is 2.86. The number of rotatable bonds is 2. The number of nitrogens with two attached hydrogens (primary N) is 1. The lowest BCUT2D eigenvalue weighted by Gasteiger charge is -2.09. The molecule has 1 rings (SSSR count). The summed E-state index contributed by atoms with van der Waals surface area (Å²) in [6, 6.07) is 3.75. The Hall–Kier alpha value is -0.830. The molecule has 0 amide bonds. The summed E-state index contributed by atoms with van der Waals surface area (Å²) < 4.78 is 0.687. The fraction of sp³-hybridized carbons (Fsp3) is 0.300. The van der Waals surface area contributed by atoms with Gasteiger partial charge in [-0.3, -0.25) is 4.79 Å². The SMILES string of the molecule is CC(C)c1cc(N)c(Br)c(C=O)c1. The highest BCUT2D eigenvalue weighted by Crippen LogP contribution is 2.27. The van der Waals surface area contributed by atoms with Crippen molar-refractivity contribution in [2.24, 2.45) is 0 Å². The molecule has 2 N–H and O–H groups in total. The first-order valence-corrected chi connectivity index (χ1v) is 4.89. The molecule has 0 spiro atoms. The van der Waals surface area contributed by atoms with Gasteiger partial charge in [-0.1, -0.05) is 13.8 Å². The second-order valence-electron chi connectivity index (χ2n) is 3.29. The maximum atomic E-state index is 10.7. The van der Waals surface area contributed by atoms with E-state index >= 15 is 0 Å². The minimum atomic E-state index is 0.383. The van der Waals surface area contributed by atoms with E-state index in [4.69, 9.17) is 5.73 Å². The smallest absolute Gasteiger partial charge is 0.151 e. The zero-order chi connectivity index (χ0) is 10.0. The Bertz CT molecular complexity index is 334. The van der Waals surface area contributed by atoms with Gasteiger partial charge in [-0.25, -0.2) is 0 Å². The van der Waals surface area contributed by atoms with Crippen LogP contribution in [0.25, 0.3) is 0 Å². The lowest BCUT2D eigenvalue weighted by atomic mass is 10.0. The normalized spacial score (nSPS) is 10.5. The summed E-state index contributed by atoms with van der Waals surface area (Å²) in [5.74, 6) is 0.383. The van der Waals surface area contributed by atoms with Crippen LogP contribution >= 0.6 is 15.9 Å². The number of nitrogen functional groups attached to an aromatic ring is 1. The molecule has 0 fully saturated rings. The van der Waals surface area contributed by atoms with Crippen LogP contribution in [0.3, 0.4) is 0 Å². The molecule has 1 aromatic carbocycles. The summed E-state index contributed by atoms with van der Waals surface area (Å²) in [4.78, 5) is 10.7. The number of carbonyl (C=O) groups excluding carboxylic acids is 1.